The molecule has 1 saturated heterocycles. The lowest BCUT2D eigenvalue weighted by Crippen LogP contribution is -2.40. The summed E-state index contributed by atoms with van der Waals surface area (Å²) in [5, 5.41) is 0. The smallest absolute Gasteiger partial charge is 0.254 e. The molecule has 0 radical (unpaired) electrons. The molecule has 27 heavy (non-hydrogen) atoms. The average molecular weight is 388 g/mol. The van der Waals surface area contributed by atoms with Crippen LogP contribution in [0.15, 0.2) is 40.8 Å². The molecule has 2 fully saturated rings. The minimum atomic E-state index is -3.09. The third-order valence-corrected chi connectivity index (χ3v) is 7.41. The fourth-order valence-corrected chi connectivity index (χ4v) is 5.63. The van der Waals surface area contributed by atoms with Crippen LogP contribution in [0, 0.1) is 12.8 Å². The molecule has 2 heterocycles. The molecule has 4 rings (SSSR count). The number of amides is 1. The van der Waals surface area contributed by atoms with Gasteiger partial charge >= 0.3 is 0 Å². The Kier molecular flexibility index (Phi) is 4.62. The van der Waals surface area contributed by atoms with Crippen LogP contribution in [0.2, 0.25) is 0 Å². The van der Waals surface area contributed by atoms with E-state index >= 15 is 0 Å². The maximum atomic E-state index is 13.2. The molecule has 2 aromatic rings. The quantitative estimate of drug-likeness (QED) is 0.787. The highest BCUT2D eigenvalue weighted by atomic mass is 32.2. The maximum absolute atomic E-state index is 13.2. The first-order valence-electron chi connectivity index (χ1n) is 9.49. The number of furan rings is 1. The molecule has 0 spiro atoms. The summed E-state index contributed by atoms with van der Waals surface area (Å²) in [5.41, 5.74) is 1.59. The van der Waals surface area contributed by atoms with Gasteiger partial charge in [-0.2, -0.15) is 0 Å². The van der Waals surface area contributed by atoms with Gasteiger partial charge in [-0.15, -0.1) is 0 Å². The minimum absolute atomic E-state index is 0.0256. The summed E-state index contributed by atoms with van der Waals surface area (Å²) in [7, 11) is -3.09. The van der Waals surface area contributed by atoms with Crippen molar-refractivity contribution in [2.75, 3.05) is 11.5 Å². The Balaban J connectivity index is 1.59. The van der Waals surface area contributed by atoms with Crippen LogP contribution in [0.1, 0.15) is 53.1 Å². The molecule has 1 amide bonds. The number of rotatable bonds is 5. The summed E-state index contributed by atoms with van der Waals surface area (Å²) in [5.74, 6) is 2.84. The molecule has 2 aliphatic rings. The van der Waals surface area contributed by atoms with Gasteiger partial charge in [0.1, 0.15) is 11.5 Å². The van der Waals surface area contributed by atoms with Gasteiger partial charge in [0.15, 0.2) is 9.84 Å². The number of benzene rings is 1. The van der Waals surface area contributed by atoms with Crippen molar-refractivity contribution in [2.45, 2.75) is 45.2 Å². The second-order valence-corrected chi connectivity index (χ2v) is 10.2. The van der Waals surface area contributed by atoms with Crippen LogP contribution in [-0.4, -0.2) is 36.8 Å². The second kappa shape index (κ2) is 6.82. The van der Waals surface area contributed by atoms with Crippen LogP contribution in [0.4, 0.5) is 0 Å². The van der Waals surface area contributed by atoms with Gasteiger partial charge in [0.2, 0.25) is 0 Å². The first-order valence-corrected chi connectivity index (χ1v) is 11.3. The van der Waals surface area contributed by atoms with Crippen LogP contribution < -0.4 is 0 Å². The van der Waals surface area contributed by atoms with Crippen LogP contribution >= 0.6 is 0 Å². The summed E-state index contributed by atoms with van der Waals surface area (Å²) < 4.78 is 30.0. The predicted molar refractivity (Wildman–Crippen MR) is 103 cm³/mol. The summed E-state index contributed by atoms with van der Waals surface area (Å²) >= 11 is 0. The van der Waals surface area contributed by atoms with E-state index in [0.29, 0.717) is 30.4 Å². The van der Waals surface area contributed by atoms with Gasteiger partial charge in [0.05, 0.1) is 18.1 Å². The predicted octanol–water partition coefficient (Wildman–Crippen LogP) is 3.54. The first kappa shape index (κ1) is 18.3. The summed E-state index contributed by atoms with van der Waals surface area (Å²) in [4.78, 5) is 14.9. The van der Waals surface area contributed by atoms with E-state index in [1.165, 1.54) is 0 Å². The lowest BCUT2D eigenvalue weighted by molar-refractivity contribution is 0.0665. The van der Waals surface area contributed by atoms with E-state index in [9.17, 15) is 13.2 Å². The lowest BCUT2D eigenvalue weighted by Gasteiger charge is -2.27. The number of carbonyl (C=O) groups excluding carboxylic acids is 1. The molecule has 6 heteroatoms. The topological polar surface area (TPSA) is 67.6 Å². The molecule has 0 N–H and O–H groups in total. The Morgan fingerprint density at radius 3 is 2.67 bits per heavy atom. The van der Waals surface area contributed by atoms with Gasteiger partial charge < -0.3 is 9.32 Å². The maximum Gasteiger partial charge on any atom is 0.254 e. The van der Waals surface area contributed by atoms with Crippen molar-refractivity contribution in [2.24, 2.45) is 5.92 Å². The van der Waals surface area contributed by atoms with Gasteiger partial charge in [0.25, 0.3) is 5.91 Å². The van der Waals surface area contributed by atoms with Gasteiger partial charge in [-0.3, -0.25) is 4.79 Å². The molecule has 0 bridgehead atoms. The second-order valence-electron chi connectivity index (χ2n) is 7.98. The van der Waals surface area contributed by atoms with Crippen LogP contribution in [0.25, 0.3) is 0 Å². The summed E-state index contributed by atoms with van der Waals surface area (Å²) in [6.45, 7) is 4.44. The number of carbonyl (C=O) groups is 1. The molecule has 1 aliphatic carbocycles. The monoisotopic (exact) mass is 387 g/mol. The Labute approximate surface area is 160 Å². The Bertz CT molecular complexity index is 962. The highest BCUT2D eigenvalue weighted by molar-refractivity contribution is 7.91. The van der Waals surface area contributed by atoms with Crippen molar-refractivity contribution in [1.29, 1.82) is 0 Å². The summed E-state index contributed by atoms with van der Waals surface area (Å²) in [6, 6.07) is 11.0. The molecular weight excluding hydrogens is 362 g/mol. The largest absolute Gasteiger partial charge is 0.464 e. The van der Waals surface area contributed by atoms with E-state index in [2.05, 4.69) is 6.92 Å². The highest BCUT2D eigenvalue weighted by Gasteiger charge is 2.38. The molecule has 3 atom stereocenters. The van der Waals surface area contributed by atoms with E-state index in [1.807, 2.05) is 37.3 Å². The van der Waals surface area contributed by atoms with Gasteiger partial charge in [0, 0.05) is 17.5 Å². The molecule has 1 aromatic heterocycles. The minimum Gasteiger partial charge on any atom is -0.464 e. The third-order valence-electron chi connectivity index (χ3n) is 5.66. The molecule has 144 valence electrons. The van der Waals surface area contributed by atoms with E-state index in [4.69, 9.17) is 4.42 Å². The van der Waals surface area contributed by atoms with E-state index in [1.54, 1.807) is 11.0 Å². The fourth-order valence-electron chi connectivity index (χ4n) is 3.90. The molecule has 1 aliphatic heterocycles. The lowest BCUT2D eigenvalue weighted by atomic mass is 10.1. The van der Waals surface area contributed by atoms with Gasteiger partial charge in [-0.1, -0.05) is 24.6 Å². The SMILES string of the molecule is Cc1cccc(C(=O)N(Cc2ccc(C3CC3C)o2)C2CCS(=O)(=O)C2)c1. The molecular formula is C21H25NO4S. The third kappa shape index (κ3) is 3.95. The normalized spacial score (nSPS) is 26.1. The zero-order valence-corrected chi connectivity index (χ0v) is 16.5. The van der Waals surface area contributed by atoms with Gasteiger partial charge in [-0.25, -0.2) is 8.42 Å². The zero-order valence-electron chi connectivity index (χ0n) is 15.7. The van der Waals surface area contributed by atoms with Crippen molar-refractivity contribution >= 4 is 15.7 Å². The Morgan fingerprint density at radius 1 is 1.26 bits per heavy atom. The van der Waals surface area contributed by atoms with Crippen molar-refractivity contribution in [3.8, 4) is 0 Å². The fraction of sp³-hybridized carbons (Fsp3) is 0.476. The first-order chi connectivity index (χ1) is 12.8. The van der Waals surface area contributed by atoms with Crippen molar-refractivity contribution in [1.82, 2.24) is 4.90 Å². The molecule has 3 unspecified atom stereocenters. The molecule has 5 nitrogen and oxygen atoms in total. The van der Waals surface area contributed by atoms with Crippen molar-refractivity contribution < 1.29 is 17.6 Å². The summed E-state index contributed by atoms with van der Waals surface area (Å²) in [6.07, 6.45) is 1.62. The Morgan fingerprint density at radius 2 is 2.04 bits per heavy atom. The zero-order chi connectivity index (χ0) is 19.2. The number of aryl methyl sites for hydroxylation is 1. The van der Waals surface area contributed by atoms with Crippen LogP contribution in [-0.2, 0) is 16.4 Å². The standard InChI is InChI=1S/C21H25NO4S/c1-14-4-3-5-16(10-14)21(23)22(17-8-9-27(24,25)13-17)12-18-6-7-20(26-18)19-11-15(19)2/h3-7,10,15,17,19H,8-9,11-13H2,1-2H3. The van der Waals surface area contributed by atoms with Gasteiger partial charge in [-0.05, 0) is 49.9 Å². The molecule has 1 aromatic carbocycles. The number of hydrogen-bond acceptors (Lipinski definition) is 4. The Hall–Kier alpha value is -2.08. The van der Waals surface area contributed by atoms with Crippen molar-refractivity contribution in [3.63, 3.8) is 0 Å². The van der Waals surface area contributed by atoms with Crippen LogP contribution in [0.3, 0.4) is 0 Å². The van der Waals surface area contributed by atoms with E-state index in [0.717, 1.165) is 23.5 Å². The highest BCUT2D eigenvalue weighted by Crippen LogP contribution is 2.47. The van der Waals surface area contributed by atoms with E-state index in [-0.39, 0.29) is 23.5 Å². The number of nitrogens with zero attached hydrogens (tertiary/aromatic N) is 1. The molecule has 1 saturated carbocycles. The number of sulfone groups is 1. The van der Waals surface area contributed by atoms with E-state index < -0.39 is 9.84 Å². The van der Waals surface area contributed by atoms with Crippen molar-refractivity contribution in [3.05, 3.63) is 59.0 Å². The average Bonchev–Trinajstić information content (AvgIpc) is 3.02. The number of hydrogen-bond donors (Lipinski definition) is 0. The van der Waals surface area contributed by atoms with Crippen LogP contribution in [0.5, 0.6) is 0 Å².